The number of esters is 1. The van der Waals surface area contributed by atoms with Crippen LogP contribution in [0.2, 0.25) is 0 Å². The third-order valence-electron chi connectivity index (χ3n) is 2.39. The van der Waals surface area contributed by atoms with Crippen molar-refractivity contribution >= 4 is 17.6 Å². The summed E-state index contributed by atoms with van der Waals surface area (Å²) in [6.45, 7) is 1.27. The van der Waals surface area contributed by atoms with E-state index in [0.717, 1.165) is 0 Å². The minimum Gasteiger partial charge on any atom is -0.440 e. The highest BCUT2D eigenvalue weighted by Gasteiger charge is 2.55. The van der Waals surface area contributed by atoms with E-state index >= 15 is 0 Å². The topological polar surface area (TPSA) is 59.3 Å². The quantitative estimate of drug-likeness (QED) is 0.612. The van der Waals surface area contributed by atoms with Crippen molar-refractivity contribution in [3.8, 4) is 6.07 Å². The molecule has 3 atom stereocenters. The van der Waals surface area contributed by atoms with Gasteiger partial charge in [-0.05, 0) is 6.08 Å². The summed E-state index contributed by atoms with van der Waals surface area (Å²) >= 11 is 5.82. The van der Waals surface area contributed by atoms with Crippen molar-refractivity contribution in [2.45, 2.75) is 31.2 Å². The largest absolute Gasteiger partial charge is 0.440 e. The van der Waals surface area contributed by atoms with Crippen LogP contribution in [0.4, 0.5) is 0 Å². The van der Waals surface area contributed by atoms with E-state index in [-0.39, 0.29) is 6.10 Å². The van der Waals surface area contributed by atoms with E-state index in [1.807, 2.05) is 6.07 Å². The standard InChI is InChI=1S/C9H8ClNO3/c1-5(12)14-9(4-11)3-7-6(10)2-8(9)13-7/h2,7-8H,3H2,1H3/t7-,8-,9-/m0/s1. The van der Waals surface area contributed by atoms with Crippen LogP contribution in [-0.4, -0.2) is 23.8 Å². The summed E-state index contributed by atoms with van der Waals surface area (Å²) in [6.07, 6.45) is 1.14. The third kappa shape index (κ3) is 1.21. The molecule has 2 bridgehead atoms. The second-order valence-electron chi connectivity index (χ2n) is 3.40. The molecule has 0 amide bonds. The first kappa shape index (κ1) is 9.50. The summed E-state index contributed by atoms with van der Waals surface area (Å²) in [5.41, 5.74) is -1.17. The van der Waals surface area contributed by atoms with Gasteiger partial charge in [-0.15, -0.1) is 0 Å². The lowest BCUT2D eigenvalue weighted by molar-refractivity contribution is -0.154. The summed E-state index contributed by atoms with van der Waals surface area (Å²) < 4.78 is 10.4. The van der Waals surface area contributed by atoms with Crippen molar-refractivity contribution in [1.82, 2.24) is 0 Å². The summed E-state index contributed by atoms with van der Waals surface area (Å²) in [4.78, 5) is 10.8. The Hall–Kier alpha value is -1.05. The highest BCUT2D eigenvalue weighted by Crippen LogP contribution is 2.44. The maximum atomic E-state index is 10.8. The van der Waals surface area contributed by atoms with Crippen LogP contribution >= 0.6 is 11.6 Å². The van der Waals surface area contributed by atoms with Crippen LogP contribution in [0.15, 0.2) is 11.1 Å². The number of ether oxygens (including phenoxy) is 2. The minimum absolute atomic E-state index is 0.291. The lowest BCUT2D eigenvalue weighted by Crippen LogP contribution is -2.41. The van der Waals surface area contributed by atoms with Gasteiger partial charge >= 0.3 is 5.97 Å². The van der Waals surface area contributed by atoms with E-state index in [9.17, 15) is 4.79 Å². The van der Waals surface area contributed by atoms with Crippen molar-refractivity contribution in [3.63, 3.8) is 0 Å². The highest BCUT2D eigenvalue weighted by atomic mass is 35.5. The molecule has 0 aromatic carbocycles. The van der Waals surface area contributed by atoms with Gasteiger partial charge in [0.1, 0.15) is 12.2 Å². The molecule has 2 heterocycles. The molecule has 0 unspecified atom stereocenters. The molecule has 0 aliphatic carbocycles. The molecule has 1 fully saturated rings. The van der Waals surface area contributed by atoms with Gasteiger partial charge < -0.3 is 9.47 Å². The first-order valence-corrected chi connectivity index (χ1v) is 4.59. The van der Waals surface area contributed by atoms with E-state index in [4.69, 9.17) is 26.3 Å². The molecule has 0 N–H and O–H groups in total. The van der Waals surface area contributed by atoms with Crippen LogP contribution in [0.1, 0.15) is 13.3 Å². The van der Waals surface area contributed by atoms with Gasteiger partial charge in [0, 0.05) is 18.4 Å². The summed E-state index contributed by atoms with van der Waals surface area (Å²) in [6, 6.07) is 1.99. The van der Waals surface area contributed by atoms with E-state index < -0.39 is 17.7 Å². The number of carbonyl (C=O) groups is 1. The Morgan fingerprint density at radius 2 is 2.64 bits per heavy atom. The normalized spacial score (nSPS) is 39.1. The van der Waals surface area contributed by atoms with Crippen LogP contribution in [0.3, 0.4) is 0 Å². The number of hydrogen-bond donors (Lipinski definition) is 0. The van der Waals surface area contributed by atoms with E-state index in [1.165, 1.54) is 6.92 Å². The lowest BCUT2D eigenvalue weighted by Gasteiger charge is -2.25. The Morgan fingerprint density at radius 1 is 1.93 bits per heavy atom. The molecule has 2 aliphatic rings. The molecular weight excluding hydrogens is 206 g/mol. The monoisotopic (exact) mass is 213 g/mol. The van der Waals surface area contributed by atoms with Gasteiger partial charge in [-0.3, -0.25) is 4.79 Å². The van der Waals surface area contributed by atoms with Gasteiger partial charge in [0.05, 0.1) is 6.10 Å². The molecular formula is C9H8ClNO3. The number of nitriles is 1. The van der Waals surface area contributed by atoms with Crippen molar-refractivity contribution in [3.05, 3.63) is 11.1 Å². The van der Waals surface area contributed by atoms with Gasteiger partial charge in [0.2, 0.25) is 5.60 Å². The number of nitrogens with zero attached hydrogens (tertiary/aromatic N) is 1. The number of halogens is 1. The second kappa shape index (κ2) is 2.97. The minimum atomic E-state index is -1.17. The summed E-state index contributed by atoms with van der Waals surface area (Å²) in [5.74, 6) is -0.479. The van der Waals surface area contributed by atoms with E-state index in [1.54, 1.807) is 6.08 Å². The number of hydrogen-bond acceptors (Lipinski definition) is 4. The van der Waals surface area contributed by atoms with Crippen molar-refractivity contribution in [1.29, 1.82) is 5.26 Å². The van der Waals surface area contributed by atoms with Crippen molar-refractivity contribution in [2.75, 3.05) is 0 Å². The predicted octanol–water partition coefficient (Wildman–Crippen LogP) is 1.11. The average molecular weight is 214 g/mol. The van der Waals surface area contributed by atoms with Crippen LogP contribution in [0.5, 0.6) is 0 Å². The Balaban J connectivity index is 2.26. The van der Waals surface area contributed by atoms with Gasteiger partial charge in [-0.2, -0.15) is 5.26 Å². The van der Waals surface area contributed by atoms with Crippen molar-refractivity contribution in [2.24, 2.45) is 0 Å². The molecule has 5 heteroatoms. The van der Waals surface area contributed by atoms with Gasteiger partial charge in [-0.1, -0.05) is 11.6 Å². The molecule has 4 nitrogen and oxygen atoms in total. The predicted molar refractivity (Wildman–Crippen MR) is 47.3 cm³/mol. The number of fused-ring (bicyclic) bond motifs is 2. The fourth-order valence-corrected chi connectivity index (χ4v) is 2.05. The lowest BCUT2D eigenvalue weighted by atomic mass is 9.90. The van der Waals surface area contributed by atoms with Gasteiger partial charge in [-0.25, -0.2) is 0 Å². The SMILES string of the molecule is CC(=O)O[C@]1(C#N)C[C@@H]2O[C@H]1C=C2Cl. The van der Waals surface area contributed by atoms with E-state index in [2.05, 4.69) is 0 Å². The van der Waals surface area contributed by atoms with Crippen molar-refractivity contribution < 1.29 is 14.3 Å². The molecule has 0 radical (unpaired) electrons. The number of carbonyl (C=O) groups excluding carboxylic acids is 1. The zero-order chi connectivity index (χ0) is 10.3. The molecule has 0 saturated carbocycles. The van der Waals surface area contributed by atoms with Gasteiger partial charge in [0.25, 0.3) is 0 Å². The number of rotatable bonds is 1. The van der Waals surface area contributed by atoms with Crippen LogP contribution in [-0.2, 0) is 14.3 Å². The molecule has 74 valence electrons. The first-order valence-electron chi connectivity index (χ1n) is 4.21. The Labute approximate surface area is 86.0 Å². The Kier molecular flexibility index (Phi) is 2.02. The smallest absolute Gasteiger partial charge is 0.304 e. The molecule has 0 aromatic heterocycles. The van der Waals surface area contributed by atoms with Gasteiger partial charge in [0.15, 0.2) is 0 Å². The second-order valence-corrected chi connectivity index (χ2v) is 3.83. The van der Waals surface area contributed by atoms with Crippen LogP contribution < -0.4 is 0 Å². The average Bonchev–Trinajstić information content (AvgIpc) is 2.60. The Bertz CT molecular complexity index is 360. The molecule has 0 aromatic rings. The molecule has 1 saturated heterocycles. The fraction of sp³-hybridized carbons (Fsp3) is 0.556. The maximum Gasteiger partial charge on any atom is 0.304 e. The Morgan fingerprint density at radius 3 is 3.00 bits per heavy atom. The fourth-order valence-electron chi connectivity index (χ4n) is 1.80. The zero-order valence-corrected chi connectivity index (χ0v) is 8.25. The highest BCUT2D eigenvalue weighted by molar-refractivity contribution is 6.30. The summed E-state index contributed by atoms with van der Waals surface area (Å²) in [7, 11) is 0. The molecule has 0 spiro atoms. The molecule has 2 rings (SSSR count). The first-order chi connectivity index (χ1) is 6.57. The maximum absolute atomic E-state index is 10.8. The van der Waals surface area contributed by atoms with E-state index in [0.29, 0.717) is 11.5 Å². The van der Waals surface area contributed by atoms with Crippen LogP contribution in [0.25, 0.3) is 0 Å². The third-order valence-corrected chi connectivity index (χ3v) is 2.76. The molecule has 14 heavy (non-hydrogen) atoms. The molecule has 2 aliphatic heterocycles. The summed E-state index contributed by atoms with van der Waals surface area (Å²) in [5, 5.41) is 9.58. The van der Waals surface area contributed by atoms with Crippen LogP contribution in [0, 0.1) is 11.3 Å². The zero-order valence-electron chi connectivity index (χ0n) is 7.49.